The average molecular weight is 430 g/mol. The molecular formula is C24H35N3O4. The Balaban J connectivity index is 1.52. The molecule has 0 radical (unpaired) electrons. The summed E-state index contributed by atoms with van der Waals surface area (Å²) in [4.78, 5) is 31.1. The number of ether oxygens (including phenoxy) is 1. The highest BCUT2D eigenvalue weighted by Crippen LogP contribution is 2.30. The zero-order valence-electron chi connectivity index (χ0n) is 18.4. The minimum Gasteiger partial charge on any atom is -0.481 e. The van der Waals surface area contributed by atoms with Gasteiger partial charge in [-0.25, -0.2) is 0 Å². The van der Waals surface area contributed by atoms with Crippen LogP contribution in [-0.4, -0.2) is 47.2 Å². The fourth-order valence-corrected chi connectivity index (χ4v) is 5.23. The van der Waals surface area contributed by atoms with E-state index in [-0.39, 0.29) is 30.4 Å². The molecule has 1 saturated heterocycles. The third-order valence-corrected chi connectivity index (χ3v) is 6.92. The van der Waals surface area contributed by atoms with Crippen molar-refractivity contribution in [3.05, 3.63) is 17.7 Å². The van der Waals surface area contributed by atoms with E-state index in [0.29, 0.717) is 18.0 Å². The van der Waals surface area contributed by atoms with Crippen molar-refractivity contribution in [2.24, 2.45) is 5.92 Å². The number of carbonyl (C=O) groups excluding carboxylic acids is 1. The number of anilines is 1. The first-order valence-corrected chi connectivity index (χ1v) is 12.0. The third kappa shape index (κ3) is 5.89. The molecule has 0 aromatic carbocycles. The van der Waals surface area contributed by atoms with E-state index in [0.717, 1.165) is 63.7 Å². The van der Waals surface area contributed by atoms with E-state index in [9.17, 15) is 9.59 Å². The summed E-state index contributed by atoms with van der Waals surface area (Å²) in [5, 5.41) is 12.3. The lowest BCUT2D eigenvalue weighted by molar-refractivity contribution is -0.138. The number of carboxylic acids is 1. The molecule has 4 rings (SSSR count). The number of carboxylic acid groups (broad SMARTS) is 1. The predicted octanol–water partition coefficient (Wildman–Crippen LogP) is 4.16. The third-order valence-electron chi connectivity index (χ3n) is 6.92. The molecule has 1 atom stereocenters. The lowest BCUT2D eigenvalue weighted by Gasteiger charge is -2.33. The van der Waals surface area contributed by atoms with Crippen molar-refractivity contribution in [2.45, 2.75) is 89.2 Å². The number of carbonyl (C=O) groups is 2. The van der Waals surface area contributed by atoms with Crippen molar-refractivity contribution in [2.75, 3.05) is 18.0 Å². The van der Waals surface area contributed by atoms with E-state index in [1.165, 1.54) is 19.3 Å². The van der Waals surface area contributed by atoms with Gasteiger partial charge in [-0.2, -0.15) is 4.98 Å². The second kappa shape index (κ2) is 10.3. The van der Waals surface area contributed by atoms with Gasteiger partial charge >= 0.3 is 5.97 Å². The van der Waals surface area contributed by atoms with Gasteiger partial charge in [-0.15, -0.1) is 0 Å². The maximum atomic E-state index is 13.1. The SMILES string of the molecule is O=C(O)C[C@@H]1CCCN(c2ccc(C(=O)NC3CCCCC3)c(OC3CCCC3)n2)C1. The topological polar surface area (TPSA) is 91.8 Å². The number of aromatic nitrogens is 1. The van der Waals surface area contributed by atoms with Crippen LogP contribution in [0.25, 0.3) is 0 Å². The highest BCUT2D eigenvalue weighted by atomic mass is 16.5. The molecule has 0 unspecified atom stereocenters. The van der Waals surface area contributed by atoms with Crippen molar-refractivity contribution in [3.63, 3.8) is 0 Å². The van der Waals surface area contributed by atoms with Crippen LogP contribution in [0.5, 0.6) is 5.88 Å². The van der Waals surface area contributed by atoms with Crippen molar-refractivity contribution in [1.82, 2.24) is 10.3 Å². The largest absolute Gasteiger partial charge is 0.481 e. The van der Waals surface area contributed by atoms with Gasteiger partial charge in [0.15, 0.2) is 0 Å². The Morgan fingerprint density at radius 1 is 1.03 bits per heavy atom. The molecule has 1 aromatic heterocycles. The lowest BCUT2D eigenvalue weighted by atomic mass is 9.95. The highest BCUT2D eigenvalue weighted by molar-refractivity contribution is 5.96. The number of aliphatic carboxylic acids is 1. The van der Waals surface area contributed by atoms with Gasteiger partial charge in [0.1, 0.15) is 17.5 Å². The van der Waals surface area contributed by atoms with Gasteiger partial charge in [-0.05, 0) is 69.4 Å². The summed E-state index contributed by atoms with van der Waals surface area (Å²) in [7, 11) is 0. The molecule has 7 nitrogen and oxygen atoms in total. The molecule has 1 amide bonds. The monoisotopic (exact) mass is 429 g/mol. The van der Waals surface area contributed by atoms with E-state index in [2.05, 4.69) is 10.2 Å². The number of rotatable bonds is 7. The van der Waals surface area contributed by atoms with Crippen LogP contribution in [0.4, 0.5) is 5.82 Å². The number of nitrogens with zero attached hydrogens (tertiary/aromatic N) is 2. The second-order valence-corrected chi connectivity index (χ2v) is 9.41. The van der Waals surface area contributed by atoms with Crippen molar-refractivity contribution >= 4 is 17.7 Å². The minimum absolute atomic E-state index is 0.0960. The average Bonchev–Trinajstić information content (AvgIpc) is 3.27. The molecule has 3 fully saturated rings. The van der Waals surface area contributed by atoms with Crippen molar-refractivity contribution < 1.29 is 19.4 Å². The molecule has 0 spiro atoms. The molecule has 1 aromatic rings. The lowest BCUT2D eigenvalue weighted by Crippen LogP contribution is -2.38. The van der Waals surface area contributed by atoms with Gasteiger partial charge in [0, 0.05) is 25.6 Å². The van der Waals surface area contributed by atoms with Gasteiger partial charge in [0.25, 0.3) is 5.91 Å². The van der Waals surface area contributed by atoms with Crippen molar-refractivity contribution in [1.29, 1.82) is 0 Å². The smallest absolute Gasteiger partial charge is 0.303 e. The van der Waals surface area contributed by atoms with E-state index >= 15 is 0 Å². The Morgan fingerprint density at radius 2 is 1.77 bits per heavy atom. The summed E-state index contributed by atoms with van der Waals surface area (Å²) in [5.74, 6) is 0.484. The van der Waals surface area contributed by atoms with Gasteiger partial charge < -0.3 is 20.1 Å². The Hall–Kier alpha value is -2.31. The van der Waals surface area contributed by atoms with Gasteiger partial charge in [-0.1, -0.05) is 19.3 Å². The molecule has 0 bridgehead atoms. The van der Waals surface area contributed by atoms with Crippen LogP contribution < -0.4 is 15.0 Å². The van der Waals surface area contributed by atoms with Gasteiger partial charge in [0.05, 0.1) is 0 Å². The quantitative estimate of drug-likeness (QED) is 0.676. The summed E-state index contributed by atoms with van der Waals surface area (Å²) in [6, 6.07) is 3.96. The molecular weight excluding hydrogens is 394 g/mol. The Labute approximate surface area is 184 Å². The zero-order chi connectivity index (χ0) is 21.6. The molecule has 31 heavy (non-hydrogen) atoms. The van der Waals surface area contributed by atoms with Gasteiger partial charge in [0.2, 0.25) is 5.88 Å². The maximum Gasteiger partial charge on any atom is 0.303 e. The van der Waals surface area contributed by atoms with Crippen LogP contribution >= 0.6 is 0 Å². The van der Waals surface area contributed by atoms with Crippen LogP contribution in [-0.2, 0) is 4.79 Å². The van der Waals surface area contributed by atoms with E-state index in [4.69, 9.17) is 14.8 Å². The van der Waals surface area contributed by atoms with Crippen molar-refractivity contribution in [3.8, 4) is 5.88 Å². The maximum absolute atomic E-state index is 13.1. The summed E-state index contributed by atoms with van der Waals surface area (Å²) >= 11 is 0. The van der Waals surface area contributed by atoms with E-state index in [1.54, 1.807) is 0 Å². The summed E-state index contributed by atoms with van der Waals surface area (Å²) in [6.45, 7) is 1.52. The first-order valence-electron chi connectivity index (χ1n) is 12.0. The summed E-state index contributed by atoms with van der Waals surface area (Å²) < 4.78 is 6.25. The summed E-state index contributed by atoms with van der Waals surface area (Å²) in [5.41, 5.74) is 0.514. The fourth-order valence-electron chi connectivity index (χ4n) is 5.23. The molecule has 170 valence electrons. The first-order chi connectivity index (χ1) is 15.1. The van der Waals surface area contributed by atoms with Crippen LogP contribution in [0.3, 0.4) is 0 Å². The predicted molar refractivity (Wildman–Crippen MR) is 119 cm³/mol. The molecule has 2 aliphatic carbocycles. The molecule has 7 heteroatoms. The number of hydrogen-bond donors (Lipinski definition) is 2. The zero-order valence-corrected chi connectivity index (χ0v) is 18.4. The number of piperidine rings is 1. The van der Waals surface area contributed by atoms with E-state index in [1.807, 2.05) is 12.1 Å². The normalized spacial score (nSPS) is 23.0. The number of amides is 1. The van der Waals surface area contributed by atoms with Crippen LogP contribution in [0.15, 0.2) is 12.1 Å². The van der Waals surface area contributed by atoms with E-state index < -0.39 is 5.97 Å². The molecule has 3 aliphatic rings. The molecule has 2 heterocycles. The molecule has 1 aliphatic heterocycles. The number of pyridine rings is 1. The Kier molecular flexibility index (Phi) is 7.30. The number of hydrogen-bond acceptors (Lipinski definition) is 5. The van der Waals surface area contributed by atoms with Crippen LogP contribution in [0.1, 0.15) is 87.4 Å². The number of nitrogens with one attached hydrogen (secondary N) is 1. The standard InChI is InChI=1S/C24H35N3O4/c28-22(29)15-17-7-6-14-27(16-17)21-13-12-20(23(30)25-18-8-2-1-3-9-18)24(26-21)31-19-10-4-5-11-19/h12-13,17-19H,1-11,14-16H2,(H,25,30)(H,28,29)/t17-/m0/s1. The fraction of sp³-hybridized carbons (Fsp3) is 0.708. The van der Waals surface area contributed by atoms with Crippen LogP contribution in [0, 0.1) is 5.92 Å². The summed E-state index contributed by atoms with van der Waals surface area (Å²) in [6.07, 6.45) is 12.1. The second-order valence-electron chi connectivity index (χ2n) is 9.41. The minimum atomic E-state index is -0.750. The van der Waals surface area contributed by atoms with Crippen LogP contribution in [0.2, 0.25) is 0 Å². The highest BCUT2D eigenvalue weighted by Gasteiger charge is 2.27. The molecule has 2 saturated carbocycles. The first kappa shape index (κ1) is 21.9. The Morgan fingerprint density at radius 3 is 2.52 bits per heavy atom. The Bertz CT molecular complexity index is 772. The molecule has 2 N–H and O–H groups in total. The van der Waals surface area contributed by atoms with Gasteiger partial charge in [-0.3, -0.25) is 9.59 Å².